The van der Waals surface area contributed by atoms with Crippen molar-refractivity contribution in [2.45, 2.75) is 25.7 Å². The number of allylic oxidation sites excluding steroid dienone is 2. The molecule has 0 aliphatic carbocycles. The van der Waals surface area contributed by atoms with E-state index in [9.17, 15) is 8.42 Å². The average Bonchev–Trinajstić information content (AvgIpc) is 2.24. The standard InChI is InChI=1S/C11H20ClNO2S/c1-16(14,15)13-9-5-7-11(10-13)6-3-2-4-8-12/h2-3,11H,4-10H2,1H3. The van der Waals surface area contributed by atoms with Gasteiger partial charge >= 0.3 is 0 Å². The zero-order valence-corrected chi connectivity index (χ0v) is 11.3. The van der Waals surface area contributed by atoms with Gasteiger partial charge in [-0.05, 0) is 31.6 Å². The van der Waals surface area contributed by atoms with Crippen LogP contribution in [-0.2, 0) is 10.0 Å². The Morgan fingerprint density at radius 1 is 1.44 bits per heavy atom. The van der Waals surface area contributed by atoms with Crippen LogP contribution in [0.1, 0.15) is 25.7 Å². The third-order valence-electron chi connectivity index (χ3n) is 2.86. The maximum absolute atomic E-state index is 11.4. The normalized spacial score (nSPS) is 24.0. The third-order valence-corrected chi connectivity index (χ3v) is 4.35. The maximum atomic E-state index is 11.4. The average molecular weight is 266 g/mol. The zero-order valence-electron chi connectivity index (χ0n) is 9.73. The van der Waals surface area contributed by atoms with E-state index in [1.807, 2.05) is 0 Å². The molecule has 1 unspecified atom stereocenters. The van der Waals surface area contributed by atoms with Crippen LogP contribution < -0.4 is 0 Å². The van der Waals surface area contributed by atoms with Crippen molar-refractivity contribution < 1.29 is 8.42 Å². The molecule has 1 aliphatic heterocycles. The van der Waals surface area contributed by atoms with Gasteiger partial charge in [0.05, 0.1) is 6.26 Å². The predicted molar refractivity (Wildman–Crippen MR) is 68.2 cm³/mol. The topological polar surface area (TPSA) is 37.4 Å². The Hall–Kier alpha value is -0.0600. The largest absolute Gasteiger partial charge is 0.213 e. The van der Waals surface area contributed by atoms with Crippen LogP contribution in [0.15, 0.2) is 12.2 Å². The first-order valence-corrected chi connectivity index (χ1v) is 8.08. The fraction of sp³-hybridized carbons (Fsp3) is 0.818. The molecule has 3 nitrogen and oxygen atoms in total. The molecule has 1 heterocycles. The van der Waals surface area contributed by atoms with Gasteiger partial charge < -0.3 is 0 Å². The maximum Gasteiger partial charge on any atom is 0.211 e. The Morgan fingerprint density at radius 2 is 2.19 bits per heavy atom. The summed E-state index contributed by atoms with van der Waals surface area (Å²) in [6, 6.07) is 0. The summed E-state index contributed by atoms with van der Waals surface area (Å²) in [4.78, 5) is 0. The number of hydrogen-bond acceptors (Lipinski definition) is 2. The van der Waals surface area contributed by atoms with Gasteiger partial charge in [-0.25, -0.2) is 12.7 Å². The van der Waals surface area contributed by atoms with Crippen LogP contribution in [0.4, 0.5) is 0 Å². The quantitative estimate of drug-likeness (QED) is 0.565. The lowest BCUT2D eigenvalue weighted by molar-refractivity contribution is 0.269. The highest BCUT2D eigenvalue weighted by molar-refractivity contribution is 7.88. The van der Waals surface area contributed by atoms with Gasteiger partial charge in [0.25, 0.3) is 0 Å². The second-order valence-electron chi connectivity index (χ2n) is 4.31. The summed E-state index contributed by atoms with van der Waals surface area (Å²) in [6.07, 6.45) is 9.44. The van der Waals surface area contributed by atoms with Crippen LogP contribution in [0.5, 0.6) is 0 Å². The van der Waals surface area contributed by atoms with Crippen molar-refractivity contribution in [3.8, 4) is 0 Å². The second-order valence-corrected chi connectivity index (χ2v) is 6.67. The molecular formula is C11H20ClNO2S. The lowest BCUT2D eigenvalue weighted by Crippen LogP contribution is -2.39. The zero-order chi connectivity index (χ0) is 12.0. The summed E-state index contributed by atoms with van der Waals surface area (Å²) in [5, 5.41) is 0. The van der Waals surface area contributed by atoms with Crippen molar-refractivity contribution >= 4 is 21.6 Å². The lowest BCUT2D eigenvalue weighted by Gasteiger charge is -2.30. The summed E-state index contributed by atoms with van der Waals surface area (Å²) in [5.41, 5.74) is 0. The summed E-state index contributed by atoms with van der Waals surface area (Å²) >= 11 is 5.57. The number of nitrogens with zero attached hydrogens (tertiary/aromatic N) is 1. The van der Waals surface area contributed by atoms with Crippen molar-refractivity contribution in [2.24, 2.45) is 5.92 Å². The van der Waals surface area contributed by atoms with E-state index in [0.717, 1.165) is 25.7 Å². The van der Waals surface area contributed by atoms with Crippen LogP contribution in [0.2, 0.25) is 0 Å². The van der Waals surface area contributed by atoms with E-state index in [1.165, 1.54) is 6.26 Å². The SMILES string of the molecule is CS(=O)(=O)N1CCCC(CC=CCCCl)C1. The van der Waals surface area contributed by atoms with Gasteiger partial charge in [0.15, 0.2) is 0 Å². The van der Waals surface area contributed by atoms with Crippen molar-refractivity contribution in [1.29, 1.82) is 0 Å². The number of halogens is 1. The molecule has 0 aromatic heterocycles. The monoisotopic (exact) mass is 265 g/mol. The van der Waals surface area contributed by atoms with Gasteiger partial charge in [-0.1, -0.05) is 12.2 Å². The third kappa shape index (κ3) is 4.85. The van der Waals surface area contributed by atoms with Crippen LogP contribution in [0, 0.1) is 5.92 Å². The first-order chi connectivity index (χ1) is 7.54. The lowest BCUT2D eigenvalue weighted by atomic mass is 9.96. The molecule has 1 saturated heterocycles. The van der Waals surface area contributed by atoms with Crippen molar-refractivity contribution in [1.82, 2.24) is 4.31 Å². The molecular weight excluding hydrogens is 246 g/mol. The number of sulfonamides is 1. The van der Waals surface area contributed by atoms with Crippen LogP contribution in [0.25, 0.3) is 0 Å². The minimum Gasteiger partial charge on any atom is -0.213 e. The van der Waals surface area contributed by atoms with E-state index in [-0.39, 0.29) is 0 Å². The van der Waals surface area contributed by atoms with Crippen LogP contribution >= 0.6 is 11.6 Å². The molecule has 94 valence electrons. The van der Waals surface area contributed by atoms with Crippen LogP contribution in [-0.4, -0.2) is 37.9 Å². The van der Waals surface area contributed by atoms with E-state index >= 15 is 0 Å². The molecule has 16 heavy (non-hydrogen) atoms. The molecule has 0 radical (unpaired) electrons. The smallest absolute Gasteiger partial charge is 0.211 e. The molecule has 0 aromatic rings. The highest BCUT2D eigenvalue weighted by atomic mass is 35.5. The van der Waals surface area contributed by atoms with E-state index in [2.05, 4.69) is 12.2 Å². The molecule has 1 atom stereocenters. The van der Waals surface area contributed by atoms with Gasteiger partial charge in [0.1, 0.15) is 0 Å². The van der Waals surface area contributed by atoms with Crippen LogP contribution in [0.3, 0.4) is 0 Å². The van der Waals surface area contributed by atoms with E-state index in [4.69, 9.17) is 11.6 Å². The number of alkyl halides is 1. The fourth-order valence-electron chi connectivity index (χ4n) is 1.99. The highest BCUT2D eigenvalue weighted by Crippen LogP contribution is 2.21. The Balaban J connectivity index is 2.39. The molecule has 0 amide bonds. The molecule has 5 heteroatoms. The van der Waals surface area contributed by atoms with Gasteiger partial charge in [-0.2, -0.15) is 0 Å². The van der Waals surface area contributed by atoms with Gasteiger partial charge in [0.2, 0.25) is 10.0 Å². The van der Waals surface area contributed by atoms with Crippen molar-refractivity contribution in [2.75, 3.05) is 25.2 Å². The molecule has 0 spiro atoms. The summed E-state index contributed by atoms with van der Waals surface area (Å²) in [6.45, 7) is 1.35. The minimum atomic E-state index is -3.01. The molecule has 1 rings (SSSR count). The fourth-order valence-corrected chi connectivity index (χ4v) is 3.06. The van der Waals surface area contributed by atoms with Gasteiger partial charge in [0, 0.05) is 19.0 Å². The summed E-state index contributed by atoms with van der Waals surface area (Å²) < 4.78 is 24.4. The molecule has 0 N–H and O–H groups in total. The van der Waals surface area contributed by atoms with E-state index in [0.29, 0.717) is 24.9 Å². The van der Waals surface area contributed by atoms with E-state index in [1.54, 1.807) is 4.31 Å². The van der Waals surface area contributed by atoms with Gasteiger partial charge in [-0.3, -0.25) is 0 Å². The molecule has 1 fully saturated rings. The van der Waals surface area contributed by atoms with Crippen molar-refractivity contribution in [3.63, 3.8) is 0 Å². The Labute approximate surface area is 104 Å². The Kier molecular flexibility index (Phi) is 5.79. The molecule has 1 aliphatic rings. The second kappa shape index (κ2) is 6.62. The number of piperidine rings is 1. The van der Waals surface area contributed by atoms with E-state index < -0.39 is 10.0 Å². The molecule has 0 saturated carbocycles. The predicted octanol–water partition coefficient (Wildman–Crippen LogP) is 2.23. The number of rotatable bonds is 5. The minimum absolute atomic E-state index is 0.468. The first kappa shape index (κ1) is 14.0. The number of hydrogen-bond donors (Lipinski definition) is 0. The van der Waals surface area contributed by atoms with Gasteiger partial charge in [-0.15, -0.1) is 11.6 Å². The Morgan fingerprint density at radius 3 is 2.81 bits per heavy atom. The summed E-state index contributed by atoms with van der Waals surface area (Å²) in [5.74, 6) is 1.12. The summed E-state index contributed by atoms with van der Waals surface area (Å²) in [7, 11) is -3.01. The Bertz CT molecular complexity index is 327. The first-order valence-electron chi connectivity index (χ1n) is 5.70. The molecule has 0 bridgehead atoms. The van der Waals surface area contributed by atoms with Crippen molar-refractivity contribution in [3.05, 3.63) is 12.2 Å². The molecule has 0 aromatic carbocycles. The highest BCUT2D eigenvalue weighted by Gasteiger charge is 2.24.